The van der Waals surface area contributed by atoms with Crippen molar-refractivity contribution in [3.63, 3.8) is 0 Å². The first-order chi connectivity index (χ1) is 22.8. The molecule has 0 spiro atoms. The van der Waals surface area contributed by atoms with Crippen LogP contribution >= 0.6 is 11.3 Å². The van der Waals surface area contributed by atoms with Crippen molar-refractivity contribution < 1.29 is 0 Å². The van der Waals surface area contributed by atoms with E-state index >= 15 is 0 Å². The first-order valence-electron chi connectivity index (χ1n) is 15.5. The van der Waals surface area contributed by atoms with E-state index < -0.39 is 0 Å². The zero-order valence-corrected chi connectivity index (χ0v) is 27.3. The summed E-state index contributed by atoms with van der Waals surface area (Å²) in [5.41, 5.74) is 7.13. The van der Waals surface area contributed by atoms with Gasteiger partial charge in [0.1, 0.15) is 0 Å². The summed E-state index contributed by atoms with van der Waals surface area (Å²) in [5, 5.41) is 7.92. The number of fused-ring (bicyclic) bond motifs is 9. The van der Waals surface area contributed by atoms with Gasteiger partial charge < -0.3 is 0 Å². The molecule has 0 aliphatic rings. The van der Waals surface area contributed by atoms with Crippen molar-refractivity contribution in [2.24, 2.45) is 0 Å². The fourth-order valence-electron chi connectivity index (χ4n) is 7.11. The molecular weight excluding hydrogens is 644 g/mol. The molecule has 0 amide bonds. The van der Waals surface area contributed by atoms with Crippen LogP contribution in [-0.2, 0) is 0 Å². The number of para-hydroxylation sites is 2. The average molecular weight is 670 g/mol. The molecule has 3 heterocycles. The number of nitrogens with zero attached hydrogens (tertiary/aromatic N) is 2. The molecule has 0 radical (unpaired) electrons. The molecule has 0 unspecified atom stereocenters. The quantitative estimate of drug-likeness (QED) is 0.169. The Kier molecular flexibility index (Phi) is 5.79. The summed E-state index contributed by atoms with van der Waals surface area (Å²) in [5.74, 6) is 0. The summed E-state index contributed by atoms with van der Waals surface area (Å²) in [6, 6.07) is 58.1. The van der Waals surface area contributed by atoms with Crippen LogP contribution in [0.5, 0.6) is 0 Å². The first-order valence-corrected chi connectivity index (χ1v) is 18.0. The predicted octanol–water partition coefficient (Wildman–Crippen LogP) is 12.0. The van der Waals surface area contributed by atoms with Crippen LogP contribution in [0.2, 0.25) is 0 Å². The molecule has 46 heavy (non-hydrogen) atoms. The van der Waals surface area contributed by atoms with Gasteiger partial charge >= 0.3 is 271 Å². The van der Waals surface area contributed by atoms with Gasteiger partial charge in [-0.1, -0.05) is 6.07 Å². The molecule has 2 nitrogen and oxygen atoms in total. The number of anilines is 3. The average Bonchev–Trinajstić information content (AvgIpc) is 3.77. The van der Waals surface area contributed by atoms with Crippen molar-refractivity contribution >= 4 is 104 Å². The molecule has 0 saturated carbocycles. The van der Waals surface area contributed by atoms with Gasteiger partial charge in [-0.15, -0.1) is 0 Å². The van der Waals surface area contributed by atoms with Crippen LogP contribution < -0.4 is 4.90 Å². The van der Waals surface area contributed by atoms with E-state index in [1.165, 1.54) is 78.3 Å². The molecular formula is C42H26N2SSe. The SMILES string of the molecule is c1ccc(-n2c3ccccc3c3cc(N(c4ccc5c(c4)sc4ccccc45)c4ccc5c(c4)[se]c4ccccc45)ccc32)cc1. The molecule has 3 aromatic heterocycles. The van der Waals surface area contributed by atoms with Gasteiger partial charge in [-0.3, -0.25) is 0 Å². The third kappa shape index (κ3) is 3.95. The molecule has 0 aliphatic carbocycles. The third-order valence-corrected chi connectivity index (χ3v) is 12.7. The second kappa shape index (κ2) is 10.2. The van der Waals surface area contributed by atoms with Crippen LogP contribution in [0.15, 0.2) is 158 Å². The van der Waals surface area contributed by atoms with Gasteiger partial charge in [0.2, 0.25) is 0 Å². The molecule has 4 heteroatoms. The minimum absolute atomic E-state index is 0.288. The Balaban J connectivity index is 1.23. The topological polar surface area (TPSA) is 8.17 Å². The first kappa shape index (κ1) is 26.1. The Morgan fingerprint density at radius 1 is 0.413 bits per heavy atom. The number of hydrogen-bond acceptors (Lipinski definition) is 2. The van der Waals surface area contributed by atoms with Crippen molar-refractivity contribution in [2.75, 3.05) is 4.90 Å². The summed E-state index contributed by atoms with van der Waals surface area (Å²) in [6.07, 6.45) is 0. The Bertz CT molecular complexity index is 2650. The van der Waals surface area contributed by atoms with E-state index in [0.717, 1.165) is 5.69 Å². The van der Waals surface area contributed by atoms with E-state index in [9.17, 15) is 0 Å². The summed E-state index contributed by atoms with van der Waals surface area (Å²) < 4.78 is 7.94. The normalized spacial score (nSPS) is 11.9. The summed E-state index contributed by atoms with van der Waals surface area (Å²) in [7, 11) is 0. The second-order valence-corrected chi connectivity index (χ2v) is 15.1. The van der Waals surface area contributed by atoms with Crippen molar-refractivity contribution in [2.45, 2.75) is 0 Å². The van der Waals surface area contributed by atoms with Gasteiger partial charge in [0.15, 0.2) is 0 Å². The third-order valence-electron chi connectivity index (χ3n) is 9.17. The fraction of sp³-hybridized carbons (Fsp3) is 0. The van der Waals surface area contributed by atoms with Crippen LogP contribution in [-0.4, -0.2) is 19.1 Å². The Morgan fingerprint density at radius 2 is 1.02 bits per heavy atom. The maximum absolute atomic E-state index is 2.46. The van der Waals surface area contributed by atoms with Gasteiger partial charge in [-0.05, 0) is 0 Å². The maximum atomic E-state index is 2.46. The van der Waals surface area contributed by atoms with Crippen LogP contribution in [0.25, 0.3) is 67.0 Å². The molecule has 10 aromatic rings. The van der Waals surface area contributed by atoms with E-state index in [4.69, 9.17) is 0 Å². The predicted molar refractivity (Wildman–Crippen MR) is 200 cm³/mol. The monoisotopic (exact) mass is 670 g/mol. The number of aromatic nitrogens is 1. The fourth-order valence-corrected chi connectivity index (χ4v) is 10.6. The van der Waals surface area contributed by atoms with Crippen molar-refractivity contribution in [3.8, 4) is 5.69 Å². The van der Waals surface area contributed by atoms with Gasteiger partial charge in [0, 0.05) is 0 Å². The molecule has 7 aromatic carbocycles. The zero-order chi connectivity index (χ0) is 30.2. The Labute approximate surface area is 275 Å². The van der Waals surface area contributed by atoms with Crippen LogP contribution in [0.4, 0.5) is 17.1 Å². The van der Waals surface area contributed by atoms with Crippen LogP contribution in [0.3, 0.4) is 0 Å². The number of benzene rings is 7. The summed E-state index contributed by atoms with van der Waals surface area (Å²) in [4.78, 5) is 2.46. The van der Waals surface area contributed by atoms with E-state index in [2.05, 4.69) is 167 Å². The van der Waals surface area contributed by atoms with Gasteiger partial charge in [-0.25, -0.2) is 0 Å². The molecule has 216 valence electrons. The molecule has 0 atom stereocenters. The minimum atomic E-state index is 0.288. The van der Waals surface area contributed by atoms with Crippen LogP contribution in [0.1, 0.15) is 0 Å². The number of rotatable bonds is 4. The number of thiophene rings is 1. The molecule has 0 fully saturated rings. The van der Waals surface area contributed by atoms with E-state index in [-0.39, 0.29) is 14.5 Å². The van der Waals surface area contributed by atoms with Crippen molar-refractivity contribution in [1.82, 2.24) is 4.57 Å². The molecule has 0 N–H and O–H groups in total. The standard InChI is InChI=1S/C42H26N2SSe/c1-2-10-27(11-3-1)44-37-15-7-4-12-31(37)36-24-28(20-23-38(36)44)43(29-18-21-33-32-13-5-8-16-39(32)45-40(33)25-29)30-19-22-35-34-14-6-9-17-41(34)46-42(35)26-30/h1-26H. The molecule has 10 rings (SSSR count). The summed E-state index contributed by atoms with van der Waals surface area (Å²) >= 11 is 2.16. The second-order valence-electron chi connectivity index (χ2n) is 11.8. The van der Waals surface area contributed by atoms with E-state index in [1.54, 1.807) is 0 Å². The number of hydrogen-bond donors (Lipinski definition) is 0. The molecule has 0 aliphatic heterocycles. The van der Waals surface area contributed by atoms with Crippen molar-refractivity contribution in [1.29, 1.82) is 0 Å². The molecule has 0 saturated heterocycles. The Morgan fingerprint density at radius 3 is 1.91 bits per heavy atom. The van der Waals surface area contributed by atoms with Gasteiger partial charge in [0.05, 0.1) is 0 Å². The van der Waals surface area contributed by atoms with Gasteiger partial charge in [0.25, 0.3) is 0 Å². The Hall–Kier alpha value is -5.12. The van der Waals surface area contributed by atoms with Crippen molar-refractivity contribution in [3.05, 3.63) is 158 Å². The summed E-state index contributed by atoms with van der Waals surface area (Å²) in [6.45, 7) is 0. The zero-order valence-electron chi connectivity index (χ0n) is 24.7. The van der Waals surface area contributed by atoms with E-state index in [1.807, 2.05) is 11.3 Å². The van der Waals surface area contributed by atoms with Crippen LogP contribution in [0, 0.1) is 0 Å². The van der Waals surface area contributed by atoms with Gasteiger partial charge in [-0.2, -0.15) is 0 Å². The van der Waals surface area contributed by atoms with E-state index in [0.29, 0.717) is 0 Å². The molecule has 0 bridgehead atoms.